The zero-order chi connectivity index (χ0) is 14.7. The largest absolute Gasteiger partial charge is 0.460 e. The van der Waals surface area contributed by atoms with Crippen LogP contribution in [0.5, 0.6) is 11.5 Å². The van der Waals surface area contributed by atoms with Crippen LogP contribution in [0.3, 0.4) is 0 Å². The summed E-state index contributed by atoms with van der Waals surface area (Å²) in [6.07, 6.45) is 0. The summed E-state index contributed by atoms with van der Waals surface area (Å²) in [6, 6.07) is 11.6. The molecule has 106 valence electrons. The molecule has 0 aliphatic heterocycles. The minimum Gasteiger partial charge on any atom is -0.418 e. The summed E-state index contributed by atoms with van der Waals surface area (Å²) in [5.41, 5.74) is 4.37. The zero-order valence-electron chi connectivity index (χ0n) is 12.2. The predicted octanol–water partition coefficient (Wildman–Crippen LogP) is 4.60. The van der Waals surface area contributed by atoms with Crippen molar-refractivity contribution in [2.45, 2.75) is 27.7 Å². The Labute approximate surface area is 121 Å². The molecule has 0 aliphatic rings. The summed E-state index contributed by atoms with van der Waals surface area (Å²) in [7, 11) is -1.98. The highest BCUT2D eigenvalue weighted by Crippen LogP contribution is 2.37. The summed E-state index contributed by atoms with van der Waals surface area (Å²) in [6.45, 7) is 7.96. The Kier molecular flexibility index (Phi) is 4.64. The van der Waals surface area contributed by atoms with Gasteiger partial charge in [-0.05, 0) is 74.2 Å². The van der Waals surface area contributed by atoms with Crippen LogP contribution in [0.15, 0.2) is 36.4 Å². The summed E-state index contributed by atoms with van der Waals surface area (Å²) in [4.78, 5) is 9.94. The minimum atomic E-state index is -1.98. The Hall–Kier alpha value is -1.57. The van der Waals surface area contributed by atoms with Gasteiger partial charge in [0.25, 0.3) is 0 Å². The van der Waals surface area contributed by atoms with E-state index in [-0.39, 0.29) is 0 Å². The highest BCUT2D eigenvalue weighted by molar-refractivity contribution is 7.41. The summed E-state index contributed by atoms with van der Waals surface area (Å²) in [5, 5.41) is 0. The second-order valence-electron chi connectivity index (χ2n) is 5.07. The van der Waals surface area contributed by atoms with Crippen LogP contribution < -0.4 is 9.05 Å². The number of hydrogen-bond donors (Lipinski definition) is 1. The molecule has 20 heavy (non-hydrogen) atoms. The molecule has 0 unspecified atom stereocenters. The molecule has 0 heterocycles. The topological polar surface area (TPSA) is 38.7 Å². The van der Waals surface area contributed by atoms with E-state index in [1.54, 1.807) is 0 Å². The standard InChI is InChI=1S/C16H19O3P/c1-11-5-12(2)8-15(7-11)18-20(17)19-16-9-13(3)6-14(4)10-16/h5-10,17H,1-4H3. The number of hydrogen-bond acceptors (Lipinski definition) is 3. The van der Waals surface area contributed by atoms with E-state index in [1.807, 2.05) is 52.0 Å². The van der Waals surface area contributed by atoms with Crippen LogP contribution in [0.2, 0.25) is 0 Å². The lowest BCUT2D eigenvalue weighted by Gasteiger charge is -2.14. The first kappa shape index (κ1) is 14.8. The zero-order valence-corrected chi connectivity index (χ0v) is 13.1. The molecular formula is C16H19O3P. The van der Waals surface area contributed by atoms with Crippen LogP contribution >= 0.6 is 8.60 Å². The van der Waals surface area contributed by atoms with Gasteiger partial charge in [-0.25, -0.2) is 0 Å². The van der Waals surface area contributed by atoms with Crippen molar-refractivity contribution < 1.29 is 13.9 Å². The van der Waals surface area contributed by atoms with Gasteiger partial charge in [0.05, 0.1) is 0 Å². The Balaban J connectivity index is 2.06. The minimum absolute atomic E-state index is 0.625. The molecule has 0 aromatic heterocycles. The van der Waals surface area contributed by atoms with Gasteiger partial charge in [0.1, 0.15) is 11.5 Å². The second kappa shape index (κ2) is 6.25. The van der Waals surface area contributed by atoms with Crippen LogP contribution in [0.1, 0.15) is 22.3 Å². The van der Waals surface area contributed by atoms with Gasteiger partial charge in [-0.1, -0.05) is 12.1 Å². The Morgan fingerprint density at radius 2 is 0.950 bits per heavy atom. The first-order valence-electron chi connectivity index (χ1n) is 6.44. The fourth-order valence-electron chi connectivity index (χ4n) is 2.17. The van der Waals surface area contributed by atoms with Crippen molar-refractivity contribution in [1.29, 1.82) is 0 Å². The van der Waals surface area contributed by atoms with Gasteiger partial charge < -0.3 is 13.9 Å². The van der Waals surface area contributed by atoms with Crippen LogP contribution in [-0.4, -0.2) is 4.89 Å². The van der Waals surface area contributed by atoms with Gasteiger partial charge in [-0.3, -0.25) is 0 Å². The van der Waals surface area contributed by atoms with E-state index in [2.05, 4.69) is 12.1 Å². The fraction of sp³-hybridized carbons (Fsp3) is 0.250. The maximum atomic E-state index is 9.94. The highest BCUT2D eigenvalue weighted by Gasteiger charge is 2.12. The van der Waals surface area contributed by atoms with E-state index in [9.17, 15) is 4.89 Å². The third-order valence-corrected chi connectivity index (χ3v) is 3.49. The van der Waals surface area contributed by atoms with Gasteiger partial charge in [0, 0.05) is 0 Å². The Morgan fingerprint density at radius 1 is 0.650 bits per heavy atom. The van der Waals surface area contributed by atoms with Gasteiger partial charge in [-0.2, -0.15) is 0 Å². The molecular weight excluding hydrogens is 271 g/mol. The fourth-order valence-corrected chi connectivity index (χ4v) is 2.78. The van der Waals surface area contributed by atoms with Crippen LogP contribution in [-0.2, 0) is 0 Å². The van der Waals surface area contributed by atoms with Crippen LogP contribution in [0.25, 0.3) is 0 Å². The SMILES string of the molecule is Cc1cc(C)cc(OP(O)Oc2cc(C)cc(C)c2)c1. The van der Waals surface area contributed by atoms with Crippen molar-refractivity contribution in [3.05, 3.63) is 58.7 Å². The van der Waals surface area contributed by atoms with Crippen molar-refractivity contribution >= 4 is 8.60 Å². The molecule has 3 nitrogen and oxygen atoms in total. The van der Waals surface area contributed by atoms with Crippen molar-refractivity contribution in [1.82, 2.24) is 0 Å². The average Bonchev–Trinajstić information content (AvgIpc) is 2.24. The summed E-state index contributed by atoms with van der Waals surface area (Å²) in [5.74, 6) is 1.25. The average molecular weight is 290 g/mol. The lowest BCUT2D eigenvalue weighted by molar-refractivity contribution is 0.381. The van der Waals surface area contributed by atoms with E-state index >= 15 is 0 Å². The second-order valence-corrected chi connectivity index (χ2v) is 5.91. The third kappa shape index (κ3) is 4.22. The predicted molar refractivity (Wildman–Crippen MR) is 82.2 cm³/mol. The third-order valence-electron chi connectivity index (χ3n) is 2.76. The summed E-state index contributed by atoms with van der Waals surface area (Å²) >= 11 is 0. The van der Waals surface area contributed by atoms with Crippen LogP contribution in [0.4, 0.5) is 0 Å². The van der Waals surface area contributed by atoms with Gasteiger partial charge in [0.2, 0.25) is 0 Å². The molecule has 0 saturated carbocycles. The molecule has 0 amide bonds. The summed E-state index contributed by atoms with van der Waals surface area (Å²) < 4.78 is 10.9. The molecule has 0 saturated heterocycles. The normalized spacial score (nSPS) is 10.7. The van der Waals surface area contributed by atoms with Crippen LogP contribution in [0, 0.1) is 27.7 Å². The van der Waals surface area contributed by atoms with Crippen molar-refractivity contribution in [3.63, 3.8) is 0 Å². The molecule has 2 aromatic carbocycles. The molecule has 0 spiro atoms. The molecule has 0 bridgehead atoms. The van der Waals surface area contributed by atoms with E-state index in [0.717, 1.165) is 22.3 Å². The molecule has 1 N–H and O–H groups in total. The van der Waals surface area contributed by atoms with E-state index in [4.69, 9.17) is 9.05 Å². The number of rotatable bonds is 4. The van der Waals surface area contributed by atoms with Gasteiger partial charge in [0.15, 0.2) is 0 Å². The quantitative estimate of drug-likeness (QED) is 0.836. The van der Waals surface area contributed by atoms with Crippen molar-refractivity contribution in [3.8, 4) is 11.5 Å². The number of benzene rings is 2. The smallest absolute Gasteiger partial charge is 0.418 e. The Morgan fingerprint density at radius 3 is 1.25 bits per heavy atom. The van der Waals surface area contributed by atoms with E-state index in [0.29, 0.717) is 11.5 Å². The lowest BCUT2D eigenvalue weighted by Crippen LogP contribution is -1.96. The van der Waals surface area contributed by atoms with E-state index < -0.39 is 8.60 Å². The van der Waals surface area contributed by atoms with Gasteiger partial charge >= 0.3 is 8.60 Å². The van der Waals surface area contributed by atoms with Gasteiger partial charge in [-0.15, -0.1) is 0 Å². The molecule has 0 atom stereocenters. The molecule has 2 rings (SSSR count). The molecule has 0 fully saturated rings. The van der Waals surface area contributed by atoms with Crippen molar-refractivity contribution in [2.75, 3.05) is 0 Å². The molecule has 4 heteroatoms. The maximum absolute atomic E-state index is 9.94. The maximum Gasteiger partial charge on any atom is 0.460 e. The number of aryl methyl sites for hydroxylation is 4. The van der Waals surface area contributed by atoms with E-state index in [1.165, 1.54) is 0 Å². The van der Waals surface area contributed by atoms with Crippen molar-refractivity contribution in [2.24, 2.45) is 0 Å². The highest BCUT2D eigenvalue weighted by atomic mass is 31.2. The Bertz CT molecular complexity index is 517. The molecule has 0 aliphatic carbocycles. The molecule has 0 radical (unpaired) electrons. The first-order chi connectivity index (χ1) is 9.42. The lowest BCUT2D eigenvalue weighted by atomic mass is 10.1. The molecule has 2 aromatic rings. The monoisotopic (exact) mass is 290 g/mol. The first-order valence-corrected chi connectivity index (χ1v) is 7.57.